The van der Waals surface area contributed by atoms with Crippen LogP contribution in [0.5, 0.6) is 0 Å². The molecule has 0 atom stereocenters. The molecule has 0 bridgehead atoms. The average Bonchev–Trinajstić information content (AvgIpc) is 3.24. The van der Waals surface area contributed by atoms with Gasteiger partial charge in [0.2, 0.25) is 5.16 Å². The number of para-hydroxylation sites is 1. The highest BCUT2D eigenvalue weighted by atomic mass is 32.2. The van der Waals surface area contributed by atoms with Crippen LogP contribution in [0.25, 0.3) is 5.69 Å². The number of carbonyl (C=O) groups is 1. The molecule has 148 valence electrons. The summed E-state index contributed by atoms with van der Waals surface area (Å²) in [6, 6.07) is 16.2. The molecule has 0 radical (unpaired) electrons. The van der Waals surface area contributed by atoms with E-state index in [4.69, 9.17) is 0 Å². The maximum absolute atomic E-state index is 12.8. The van der Waals surface area contributed by atoms with E-state index in [1.54, 1.807) is 10.8 Å². The number of anilines is 1. The molecule has 2 aromatic carbocycles. The fourth-order valence-corrected chi connectivity index (χ4v) is 4.49. The van der Waals surface area contributed by atoms with Crippen molar-refractivity contribution in [2.75, 3.05) is 17.7 Å². The van der Waals surface area contributed by atoms with Gasteiger partial charge in [-0.05, 0) is 46.7 Å². The molecule has 6 nitrogen and oxygen atoms in total. The molecule has 2 heterocycles. The second kappa shape index (κ2) is 7.48. The maximum Gasteiger partial charge on any atom is 0.214 e. The molecule has 1 aliphatic rings. The van der Waals surface area contributed by atoms with Crippen LogP contribution in [0.15, 0.2) is 65.5 Å². The zero-order valence-electron chi connectivity index (χ0n) is 17.0. The number of aromatic nitrogens is 4. The molecule has 4 rings (SSSR count). The van der Waals surface area contributed by atoms with Crippen molar-refractivity contribution in [2.24, 2.45) is 0 Å². The lowest BCUT2D eigenvalue weighted by atomic mass is 9.83. The molecular formula is C22H23N5OS. The van der Waals surface area contributed by atoms with Crippen molar-refractivity contribution in [1.82, 2.24) is 20.2 Å². The molecule has 0 saturated heterocycles. The number of carbonyl (C=O) groups excluding carboxylic acids is 1. The number of hydrogen-bond donors (Lipinski definition) is 0. The fourth-order valence-electron chi connectivity index (χ4n) is 3.78. The van der Waals surface area contributed by atoms with Gasteiger partial charge in [-0.3, -0.25) is 4.79 Å². The minimum atomic E-state index is -0.213. The lowest BCUT2D eigenvalue weighted by molar-refractivity contribution is -0.112. The summed E-state index contributed by atoms with van der Waals surface area (Å²) >= 11 is 1.35. The van der Waals surface area contributed by atoms with E-state index in [2.05, 4.69) is 46.4 Å². The summed E-state index contributed by atoms with van der Waals surface area (Å²) in [4.78, 5) is 14.9. The van der Waals surface area contributed by atoms with Gasteiger partial charge in [0.05, 0.1) is 11.4 Å². The zero-order chi connectivity index (χ0) is 20.6. The Kier molecular flexibility index (Phi) is 5.00. The Morgan fingerprint density at radius 3 is 2.72 bits per heavy atom. The van der Waals surface area contributed by atoms with E-state index in [1.165, 1.54) is 17.3 Å². The van der Waals surface area contributed by atoms with Gasteiger partial charge in [0.1, 0.15) is 0 Å². The summed E-state index contributed by atoms with van der Waals surface area (Å²) in [5.74, 6) is 0.312. The molecule has 0 spiro atoms. The maximum atomic E-state index is 12.8. The summed E-state index contributed by atoms with van der Waals surface area (Å²) in [6.07, 6.45) is 1.76. The summed E-state index contributed by atoms with van der Waals surface area (Å²) in [5, 5.41) is 12.5. The Hall–Kier alpha value is -2.93. The molecule has 7 heteroatoms. The van der Waals surface area contributed by atoms with E-state index in [0.717, 1.165) is 22.6 Å². The molecule has 1 aromatic heterocycles. The van der Waals surface area contributed by atoms with Gasteiger partial charge < -0.3 is 4.90 Å². The molecule has 0 N–H and O–H groups in total. The Bertz CT molecular complexity index is 1100. The van der Waals surface area contributed by atoms with Crippen molar-refractivity contribution in [2.45, 2.75) is 31.3 Å². The smallest absolute Gasteiger partial charge is 0.214 e. The predicted molar refractivity (Wildman–Crippen MR) is 116 cm³/mol. The van der Waals surface area contributed by atoms with Crippen molar-refractivity contribution in [3.8, 4) is 5.69 Å². The zero-order valence-corrected chi connectivity index (χ0v) is 17.8. The number of ketones is 1. The van der Waals surface area contributed by atoms with E-state index in [0.29, 0.717) is 5.16 Å². The molecule has 1 aliphatic heterocycles. The van der Waals surface area contributed by atoms with Crippen LogP contribution in [0.3, 0.4) is 0 Å². The number of benzene rings is 2. The minimum Gasteiger partial charge on any atom is -0.347 e. The number of aryl methyl sites for hydroxylation is 1. The molecule has 0 amide bonds. The first kappa shape index (κ1) is 19.4. The Balaban J connectivity index is 1.52. The van der Waals surface area contributed by atoms with Crippen LogP contribution >= 0.6 is 11.8 Å². The third-order valence-corrected chi connectivity index (χ3v) is 6.21. The van der Waals surface area contributed by atoms with Crippen molar-refractivity contribution >= 4 is 23.2 Å². The number of likely N-dealkylation sites (N-methyl/N-ethyl adjacent to an activating group) is 1. The van der Waals surface area contributed by atoms with Crippen LogP contribution in [-0.4, -0.2) is 38.8 Å². The second-order valence-corrected chi connectivity index (χ2v) is 8.64. The van der Waals surface area contributed by atoms with Crippen molar-refractivity contribution < 1.29 is 4.79 Å². The molecule has 0 aliphatic carbocycles. The van der Waals surface area contributed by atoms with Crippen molar-refractivity contribution in [3.05, 3.63) is 71.4 Å². The fraction of sp³-hybridized carbons (Fsp3) is 0.273. The van der Waals surface area contributed by atoms with Crippen LogP contribution in [-0.2, 0) is 10.2 Å². The summed E-state index contributed by atoms with van der Waals surface area (Å²) in [7, 11) is 2.01. The van der Waals surface area contributed by atoms with Crippen LogP contribution < -0.4 is 4.90 Å². The van der Waals surface area contributed by atoms with Gasteiger partial charge >= 0.3 is 0 Å². The number of thioether (sulfide) groups is 1. The summed E-state index contributed by atoms with van der Waals surface area (Å²) < 4.78 is 1.67. The molecule has 3 aromatic rings. The van der Waals surface area contributed by atoms with Gasteiger partial charge in [-0.1, -0.05) is 55.9 Å². The van der Waals surface area contributed by atoms with Crippen LogP contribution in [0.2, 0.25) is 0 Å². The largest absolute Gasteiger partial charge is 0.347 e. The van der Waals surface area contributed by atoms with Crippen molar-refractivity contribution in [3.63, 3.8) is 0 Å². The van der Waals surface area contributed by atoms with E-state index in [1.807, 2.05) is 50.4 Å². The average molecular weight is 406 g/mol. The van der Waals surface area contributed by atoms with Crippen molar-refractivity contribution in [1.29, 1.82) is 0 Å². The number of fused-ring (bicyclic) bond motifs is 1. The van der Waals surface area contributed by atoms with Gasteiger partial charge in [-0.15, -0.1) is 5.10 Å². The van der Waals surface area contributed by atoms with E-state index >= 15 is 0 Å². The first-order chi connectivity index (χ1) is 13.9. The highest BCUT2D eigenvalue weighted by Crippen LogP contribution is 2.46. The van der Waals surface area contributed by atoms with Crippen LogP contribution in [0.4, 0.5) is 5.69 Å². The Morgan fingerprint density at radius 2 is 1.97 bits per heavy atom. The number of nitrogens with zero attached hydrogens (tertiary/aromatic N) is 5. The standard InChI is InChI=1S/C22H23N5OS/c1-15-8-7-9-16(12-15)27-21(23-24-25-27)29-14-17(28)13-20-22(2,3)18-10-5-6-11-19(18)26(20)4/h5-13H,14H2,1-4H3. The number of allylic oxidation sites excluding steroid dienone is 2. The SMILES string of the molecule is Cc1cccc(-n2nnnc2SCC(=O)C=C2N(C)c3ccccc3C2(C)C)c1. The van der Waals surface area contributed by atoms with Gasteiger partial charge in [0.25, 0.3) is 0 Å². The van der Waals surface area contributed by atoms with Gasteiger partial charge in [0.15, 0.2) is 5.78 Å². The lowest BCUT2D eigenvalue weighted by Crippen LogP contribution is -2.24. The van der Waals surface area contributed by atoms with E-state index in [-0.39, 0.29) is 17.0 Å². The highest BCUT2D eigenvalue weighted by Gasteiger charge is 2.38. The predicted octanol–water partition coefficient (Wildman–Crippen LogP) is 3.94. The topological polar surface area (TPSA) is 63.9 Å². The van der Waals surface area contributed by atoms with Gasteiger partial charge in [-0.2, -0.15) is 4.68 Å². The van der Waals surface area contributed by atoms with Gasteiger partial charge in [-0.25, -0.2) is 0 Å². The third kappa shape index (κ3) is 3.58. The number of hydrogen-bond acceptors (Lipinski definition) is 6. The minimum absolute atomic E-state index is 0.0384. The van der Waals surface area contributed by atoms with Gasteiger partial charge in [0, 0.05) is 29.9 Å². The van der Waals surface area contributed by atoms with E-state index in [9.17, 15) is 4.79 Å². The number of rotatable bonds is 5. The normalized spacial score (nSPS) is 16.3. The molecular weight excluding hydrogens is 382 g/mol. The van der Waals surface area contributed by atoms with E-state index < -0.39 is 0 Å². The number of tetrazole rings is 1. The Morgan fingerprint density at radius 1 is 1.17 bits per heavy atom. The second-order valence-electron chi connectivity index (χ2n) is 7.70. The first-order valence-electron chi connectivity index (χ1n) is 9.44. The summed E-state index contributed by atoms with van der Waals surface area (Å²) in [6.45, 7) is 6.33. The summed E-state index contributed by atoms with van der Waals surface area (Å²) in [5.41, 5.74) is 5.18. The Labute approximate surface area is 174 Å². The van der Waals surface area contributed by atoms with Crippen LogP contribution in [0.1, 0.15) is 25.0 Å². The van der Waals surface area contributed by atoms with Crippen LogP contribution in [0, 0.1) is 6.92 Å². The first-order valence-corrected chi connectivity index (χ1v) is 10.4. The molecule has 0 fully saturated rings. The molecule has 29 heavy (non-hydrogen) atoms. The quantitative estimate of drug-likeness (QED) is 0.473. The lowest BCUT2D eigenvalue weighted by Gasteiger charge is -2.23. The molecule has 0 unspecified atom stereocenters. The third-order valence-electron chi connectivity index (χ3n) is 5.27. The monoisotopic (exact) mass is 405 g/mol. The molecule has 0 saturated carbocycles. The highest BCUT2D eigenvalue weighted by molar-refractivity contribution is 7.99.